The van der Waals surface area contributed by atoms with E-state index in [0.29, 0.717) is 17.8 Å². The van der Waals surface area contributed by atoms with Gasteiger partial charge in [0.1, 0.15) is 18.7 Å². The summed E-state index contributed by atoms with van der Waals surface area (Å²) in [5, 5.41) is 0. The number of nitrogen functional groups attached to an aromatic ring is 1. The average Bonchev–Trinajstić information content (AvgIpc) is 3.46. The van der Waals surface area contributed by atoms with Crippen molar-refractivity contribution in [1.29, 1.82) is 0 Å². The van der Waals surface area contributed by atoms with Gasteiger partial charge in [-0.25, -0.2) is 4.98 Å². The molecule has 4 rings (SSSR count). The fourth-order valence-electron chi connectivity index (χ4n) is 4.45. The number of nitrogens with two attached hydrogens (primary N) is 1. The van der Waals surface area contributed by atoms with Gasteiger partial charge in [0.05, 0.1) is 24.0 Å². The summed E-state index contributed by atoms with van der Waals surface area (Å²) in [5.41, 5.74) is 5.89. The molecule has 3 aromatic rings. The third-order valence-corrected chi connectivity index (χ3v) is 9.81. The van der Waals surface area contributed by atoms with E-state index in [-0.39, 0.29) is 42.9 Å². The van der Waals surface area contributed by atoms with Gasteiger partial charge in [0.15, 0.2) is 11.2 Å². The van der Waals surface area contributed by atoms with Crippen molar-refractivity contribution in [2.45, 2.75) is 53.1 Å². The minimum atomic E-state index is -3.09. The van der Waals surface area contributed by atoms with Gasteiger partial charge in [-0.1, -0.05) is 38.5 Å². The second kappa shape index (κ2) is 13.2. The molecule has 1 aliphatic carbocycles. The van der Waals surface area contributed by atoms with E-state index < -0.39 is 29.4 Å². The summed E-state index contributed by atoms with van der Waals surface area (Å²) in [6.45, 7) is 4.01. The molecule has 14 heteroatoms. The Labute approximate surface area is 248 Å². The van der Waals surface area contributed by atoms with Crippen LogP contribution in [0.2, 0.25) is 0 Å². The molecule has 0 spiro atoms. The van der Waals surface area contributed by atoms with Gasteiger partial charge in [0.2, 0.25) is 12.4 Å². The SMILES string of the molecule is CCC[C@H](C)OC(=O)[C@H](C)C[P@](=S)(OC[C@@]1(COC(C)=O)C/C1=C/n1cnc2c(=O)[nH]c(N)nc21)Oc1ccccc1. The molecule has 0 saturated heterocycles. The molecule has 0 unspecified atom stereocenters. The Morgan fingerprint density at radius 3 is 2.69 bits per heavy atom. The second-order valence-corrected chi connectivity index (χ2v) is 14.3. The third-order valence-electron chi connectivity index (χ3n) is 6.82. The van der Waals surface area contributed by atoms with Crippen molar-refractivity contribution in [3.05, 3.63) is 52.6 Å². The number of esters is 2. The molecule has 2 aromatic heterocycles. The highest BCUT2D eigenvalue weighted by molar-refractivity contribution is 8.10. The maximum absolute atomic E-state index is 12.9. The fourth-order valence-corrected chi connectivity index (χ4v) is 7.47. The van der Waals surface area contributed by atoms with E-state index in [0.717, 1.165) is 18.4 Å². The van der Waals surface area contributed by atoms with Gasteiger partial charge in [-0.2, -0.15) is 4.98 Å². The van der Waals surface area contributed by atoms with Crippen molar-refractivity contribution in [3.63, 3.8) is 0 Å². The van der Waals surface area contributed by atoms with Crippen LogP contribution in [0, 0.1) is 11.3 Å². The number of aromatic amines is 1. The quantitative estimate of drug-likeness (QED) is 0.196. The Hall–Kier alpha value is -3.54. The number of carbonyl (C=O) groups is 2. The van der Waals surface area contributed by atoms with Crippen molar-refractivity contribution in [2.24, 2.45) is 11.3 Å². The van der Waals surface area contributed by atoms with E-state index in [1.807, 2.05) is 32.0 Å². The summed E-state index contributed by atoms with van der Waals surface area (Å²) >= 11 is 5.98. The number of nitrogens with zero attached hydrogens (tertiary/aromatic N) is 3. The predicted molar refractivity (Wildman–Crippen MR) is 162 cm³/mol. The Kier molecular flexibility index (Phi) is 9.85. The van der Waals surface area contributed by atoms with Crippen LogP contribution in [0.25, 0.3) is 17.4 Å². The number of carbonyl (C=O) groups excluding carboxylic acids is 2. The third kappa shape index (κ3) is 7.84. The Balaban J connectivity index is 1.58. The van der Waals surface area contributed by atoms with E-state index in [1.54, 1.807) is 29.8 Å². The lowest BCUT2D eigenvalue weighted by atomic mass is 10.1. The Morgan fingerprint density at radius 2 is 2.00 bits per heavy atom. The van der Waals surface area contributed by atoms with Crippen molar-refractivity contribution in [1.82, 2.24) is 19.5 Å². The number of fused-ring (bicyclic) bond motifs is 1. The summed E-state index contributed by atoms with van der Waals surface area (Å²) in [6.07, 6.45) is 5.36. The number of ether oxygens (including phenoxy) is 2. The van der Waals surface area contributed by atoms with Crippen LogP contribution in [-0.2, 0) is 35.4 Å². The molecule has 0 amide bonds. The standard InChI is InChI=1S/C28H36N5O7PS/c1-5-9-19(3)39-26(36)18(2)14-41(42,40-22-10-7-6-8-11-22)38-16-28(15-37-20(4)34)12-21(28)13-33-17-30-23-24(33)31-27(29)32-25(23)35/h6-8,10-11,13,17-19H,5,9,12,14-16H2,1-4H3,(H3,29,31,32,35)/b21-13-/t18-,19+,28+,41+/m1/s1. The van der Waals surface area contributed by atoms with Gasteiger partial charge in [-0.3, -0.25) is 23.9 Å². The smallest absolute Gasteiger partial charge is 0.309 e. The van der Waals surface area contributed by atoms with Crippen molar-refractivity contribution in [2.75, 3.05) is 25.1 Å². The zero-order chi connectivity index (χ0) is 30.5. The number of rotatable bonds is 14. The molecule has 3 N–H and O–H groups in total. The number of H-pyrrole nitrogens is 1. The molecule has 1 aliphatic rings. The highest BCUT2D eigenvalue weighted by Crippen LogP contribution is 2.58. The van der Waals surface area contributed by atoms with Crippen molar-refractivity contribution < 1.29 is 28.1 Å². The first-order chi connectivity index (χ1) is 19.9. The normalized spacial score (nSPS) is 20.0. The Bertz CT molecular complexity index is 1570. The average molecular weight is 618 g/mol. The van der Waals surface area contributed by atoms with Crippen LogP contribution in [0.5, 0.6) is 5.75 Å². The summed E-state index contributed by atoms with van der Waals surface area (Å²) in [6, 6.07) is 9.06. The van der Waals surface area contributed by atoms with Crippen LogP contribution in [0.15, 0.2) is 47.0 Å². The van der Waals surface area contributed by atoms with E-state index in [1.165, 1.54) is 13.3 Å². The van der Waals surface area contributed by atoms with E-state index >= 15 is 0 Å². The highest BCUT2D eigenvalue weighted by atomic mass is 32.5. The van der Waals surface area contributed by atoms with Crippen LogP contribution in [0.3, 0.4) is 0 Å². The molecule has 4 atom stereocenters. The summed E-state index contributed by atoms with van der Waals surface area (Å²) in [4.78, 5) is 47.6. The number of imidazole rings is 1. The number of anilines is 1. The maximum atomic E-state index is 12.9. The lowest BCUT2D eigenvalue weighted by molar-refractivity contribution is -0.152. The molecular weight excluding hydrogens is 581 g/mol. The van der Waals surface area contributed by atoms with Gasteiger partial charge in [0.25, 0.3) is 5.56 Å². The van der Waals surface area contributed by atoms with Gasteiger partial charge >= 0.3 is 11.9 Å². The van der Waals surface area contributed by atoms with Crippen molar-refractivity contribution in [3.8, 4) is 5.75 Å². The van der Waals surface area contributed by atoms with Crippen LogP contribution in [0.1, 0.15) is 47.0 Å². The number of aromatic nitrogens is 4. The number of hydrogen-bond acceptors (Lipinski definition) is 11. The zero-order valence-electron chi connectivity index (χ0n) is 24.1. The molecule has 0 bridgehead atoms. The van der Waals surface area contributed by atoms with Gasteiger partial charge < -0.3 is 24.3 Å². The minimum absolute atomic E-state index is 0.0338. The highest BCUT2D eigenvalue weighted by Gasteiger charge is 2.52. The van der Waals surface area contributed by atoms with Crippen LogP contribution in [0.4, 0.5) is 5.95 Å². The van der Waals surface area contributed by atoms with E-state index in [4.69, 9.17) is 36.1 Å². The molecule has 1 saturated carbocycles. The summed E-state index contributed by atoms with van der Waals surface area (Å²) < 4.78 is 25.2. The molecule has 12 nitrogen and oxygen atoms in total. The molecule has 226 valence electrons. The number of para-hydroxylation sites is 1. The predicted octanol–water partition coefficient (Wildman–Crippen LogP) is 4.27. The van der Waals surface area contributed by atoms with Crippen LogP contribution < -0.4 is 15.8 Å². The molecule has 42 heavy (non-hydrogen) atoms. The lowest BCUT2D eigenvalue weighted by Crippen LogP contribution is -2.25. The van der Waals surface area contributed by atoms with Gasteiger partial charge in [0, 0.05) is 19.3 Å². The first-order valence-electron chi connectivity index (χ1n) is 13.7. The number of benzene rings is 1. The van der Waals surface area contributed by atoms with Crippen molar-refractivity contribution >= 4 is 53.5 Å². The fraction of sp³-hybridized carbons (Fsp3) is 0.464. The molecular formula is C28H36N5O7PS. The van der Waals surface area contributed by atoms with E-state index in [9.17, 15) is 14.4 Å². The molecule has 0 radical (unpaired) electrons. The maximum Gasteiger partial charge on any atom is 0.309 e. The first-order valence-corrected chi connectivity index (χ1v) is 16.5. The lowest BCUT2D eigenvalue weighted by Gasteiger charge is -2.27. The first kappa shape index (κ1) is 31.4. The van der Waals surface area contributed by atoms with Gasteiger partial charge in [-0.15, -0.1) is 0 Å². The summed E-state index contributed by atoms with van der Waals surface area (Å²) in [7, 11) is 0. The van der Waals surface area contributed by atoms with Crippen LogP contribution >= 0.6 is 6.49 Å². The molecule has 0 aliphatic heterocycles. The van der Waals surface area contributed by atoms with E-state index in [2.05, 4.69) is 15.0 Å². The number of nitrogens with one attached hydrogen (secondary N) is 1. The monoisotopic (exact) mass is 617 g/mol. The largest absolute Gasteiger partial charge is 0.465 e. The minimum Gasteiger partial charge on any atom is -0.465 e. The van der Waals surface area contributed by atoms with Gasteiger partial charge in [-0.05, 0) is 49.3 Å². The second-order valence-electron chi connectivity index (χ2n) is 10.6. The molecule has 1 aromatic carbocycles. The summed E-state index contributed by atoms with van der Waals surface area (Å²) in [5.74, 6) is -0.869. The molecule has 1 fully saturated rings. The zero-order valence-corrected chi connectivity index (χ0v) is 25.8. The van der Waals surface area contributed by atoms with Crippen LogP contribution in [-0.4, -0.2) is 56.9 Å². The molecule has 2 heterocycles. The topological polar surface area (TPSA) is 161 Å². The number of hydrogen-bond donors (Lipinski definition) is 2. The Morgan fingerprint density at radius 1 is 1.26 bits per heavy atom.